The van der Waals surface area contributed by atoms with Crippen LogP contribution in [-0.4, -0.2) is 26.5 Å². The number of hydrogen-bond donors (Lipinski definition) is 1. The molecule has 2 atom stereocenters. The topological polar surface area (TPSA) is 76.9 Å². The summed E-state index contributed by atoms with van der Waals surface area (Å²) in [5, 5.41) is 6.47. The van der Waals surface area contributed by atoms with Crippen LogP contribution >= 0.6 is 11.6 Å². The Morgan fingerprint density at radius 3 is 2.62 bits per heavy atom. The number of nitrogens with zero attached hydrogens (tertiary/aromatic N) is 3. The zero-order valence-corrected chi connectivity index (χ0v) is 17.8. The molecule has 1 N–H and O–H groups in total. The highest BCUT2D eigenvalue weighted by molar-refractivity contribution is 6.31. The molecule has 0 spiro atoms. The molecule has 1 unspecified atom stereocenters. The van der Waals surface area contributed by atoms with Crippen molar-refractivity contribution >= 4 is 29.0 Å². The standard InChI is InChI=1S/C22H18ClF3N4O2/c1-11-5-14(9-27-8-11)21(32)29-18-10-28-30-12(2)6-15(20(31)19(18)30)13-3-4-16(17(23)7-13)22(24,25)26/h3-5,7-10,12,15H,6H2,1-2H3,(H,29,32)/t12-,15?/m0/s1. The molecule has 1 aliphatic heterocycles. The summed E-state index contributed by atoms with van der Waals surface area (Å²) in [6.07, 6.45) is 0.177. The van der Waals surface area contributed by atoms with Gasteiger partial charge in [0.15, 0.2) is 5.78 Å². The number of Topliss-reactive ketones (excluding diaryl/α,β-unsaturated/α-hetero) is 1. The van der Waals surface area contributed by atoms with Crippen LogP contribution in [0.5, 0.6) is 0 Å². The first kappa shape index (κ1) is 22.0. The molecule has 1 amide bonds. The van der Waals surface area contributed by atoms with E-state index in [1.165, 1.54) is 29.2 Å². The number of benzene rings is 1. The largest absolute Gasteiger partial charge is 0.417 e. The summed E-state index contributed by atoms with van der Waals surface area (Å²) in [5.74, 6) is -1.52. The van der Waals surface area contributed by atoms with Crippen molar-refractivity contribution in [2.45, 2.75) is 38.4 Å². The minimum atomic E-state index is -4.58. The number of ketones is 1. The van der Waals surface area contributed by atoms with E-state index in [9.17, 15) is 22.8 Å². The maximum atomic E-state index is 13.3. The van der Waals surface area contributed by atoms with E-state index in [1.807, 2.05) is 6.92 Å². The molecule has 0 saturated heterocycles. The Hall–Kier alpha value is -3.20. The number of anilines is 1. The molecule has 1 aliphatic rings. The quantitative estimate of drug-likeness (QED) is 0.562. The highest BCUT2D eigenvalue weighted by Crippen LogP contribution is 2.41. The van der Waals surface area contributed by atoms with Gasteiger partial charge in [0.25, 0.3) is 5.91 Å². The second kappa shape index (κ2) is 8.05. The van der Waals surface area contributed by atoms with Gasteiger partial charge in [-0.3, -0.25) is 19.3 Å². The molecule has 0 aliphatic carbocycles. The summed E-state index contributed by atoms with van der Waals surface area (Å²) in [6, 6.07) is 4.78. The molecule has 0 saturated carbocycles. The summed E-state index contributed by atoms with van der Waals surface area (Å²) < 4.78 is 40.7. The van der Waals surface area contributed by atoms with Crippen LogP contribution in [0.25, 0.3) is 0 Å². The molecule has 0 fully saturated rings. The molecule has 32 heavy (non-hydrogen) atoms. The van der Waals surface area contributed by atoms with Crippen LogP contribution in [0.3, 0.4) is 0 Å². The molecule has 10 heteroatoms. The second-order valence-electron chi connectivity index (χ2n) is 7.80. The van der Waals surface area contributed by atoms with Gasteiger partial charge in [0.05, 0.1) is 40.0 Å². The monoisotopic (exact) mass is 462 g/mol. The highest BCUT2D eigenvalue weighted by atomic mass is 35.5. The van der Waals surface area contributed by atoms with E-state index in [0.29, 0.717) is 17.5 Å². The SMILES string of the molecule is Cc1cncc(C(=O)Nc2cnn3c2C(=O)C(c2ccc(C(F)(F)F)c(Cl)c2)C[C@@H]3C)c1. The predicted molar refractivity (Wildman–Crippen MR) is 112 cm³/mol. The van der Waals surface area contributed by atoms with E-state index >= 15 is 0 Å². The molecule has 0 radical (unpaired) electrons. The number of carbonyl (C=O) groups excluding carboxylic acids is 2. The first-order valence-corrected chi connectivity index (χ1v) is 10.2. The minimum absolute atomic E-state index is 0.193. The van der Waals surface area contributed by atoms with Crippen LogP contribution in [0.4, 0.5) is 18.9 Å². The molecule has 1 aromatic carbocycles. The van der Waals surface area contributed by atoms with Crippen LogP contribution in [0.1, 0.15) is 62.8 Å². The highest BCUT2D eigenvalue weighted by Gasteiger charge is 2.38. The summed E-state index contributed by atoms with van der Waals surface area (Å²) >= 11 is 5.87. The van der Waals surface area contributed by atoms with Crippen LogP contribution in [0.15, 0.2) is 42.9 Å². The Morgan fingerprint density at radius 1 is 1.22 bits per heavy atom. The lowest BCUT2D eigenvalue weighted by Gasteiger charge is -2.28. The fourth-order valence-electron chi connectivity index (χ4n) is 3.89. The first-order chi connectivity index (χ1) is 15.1. The molecule has 4 rings (SSSR count). The Morgan fingerprint density at radius 2 is 1.97 bits per heavy atom. The van der Waals surface area contributed by atoms with E-state index in [2.05, 4.69) is 15.4 Å². The number of carbonyl (C=O) groups is 2. The molecule has 2 aromatic heterocycles. The third-order valence-corrected chi connectivity index (χ3v) is 5.74. The Labute approximate surface area is 186 Å². The molecular formula is C22H18ClF3N4O2. The van der Waals surface area contributed by atoms with Crippen molar-refractivity contribution in [3.63, 3.8) is 0 Å². The van der Waals surface area contributed by atoms with Gasteiger partial charge >= 0.3 is 6.18 Å². The third kappa shape index (κ3) is 4.00. The van der Waals surface area contributed by atoms with E-state index in [-0.39, 0.29) is 23.2 Å². The lowest BCUT2D eigenvalue weighted by Crippen LogP contribution is -2.29. The Bertz CT molecular complexity index is 1220. The van der Waals surface area contributed by atoms with E-state index in [1.54, 1.807) is 19.2 Å². The van der Waals surface area contributed by atoms with Crippen LogP contribution < -0.4 is 5.32 Å². The van der Waals surface area contributed by atoms with E-state index in [0.717, 1.165) is 11.6 Å². The molecule has 0 bridgehead atoms. The van der Waals surface area contributed by atoms with Crippen LogP contribution in [-0.2, 0) is 6.18 Å². The summed E-state index contributed by atoms with van der Waals surface area (Å²) in [5.41, 5.74) is 0.984. The van der Waals surface area contributed by atoms with Crippen molar-refractivity contribution in [1.82, 2.24) is 14.8 Å². The van der Waals surface area contributed by atoms with Gasteiger partial charge in [0.1, 0.15) is 5.69 Å². The van der Waals surface area contributed by atoms with Crippen molar-refractivity contribution in [3.05, 3.63) is 75.8 Å². The van der Waals surface area contributed by atoms with Crippen molar-refractivity contribution in [1.29, 1.82) is 0 Å². The predicted octanol–water partition coefficient (Wildman–Crippen LogP) is 5.44. The minimum Gasteiger partial charge on any atom is -0.319 e. The average molecular weight is 463 g/mol. The average Bonchev–Trinajstić information content (AvgIpc) is 3.14. The zero-order valence-electron chi connectivity index (χ0n) is 17.1. The summed E-state index contributed by atoms with van der Waals surface area (Å²) in [4.78, 5) is 30.0. The third-order valence-electron chi connectivity index (χ3n) is 5.43. The lowest BCUT2D eigenvalue weighted by atomic mass is 9.84. The molecule has 6 nitrogen and oxygen atoms in total. The number of hydrogen-bond acceptors (Lipinski definition) is 4. The van der Waals surface area contributed by atoms with E-state index < -0.39 is 28.6 Å². The lowest BCUT2D eigenvalue weighted by molar-refractivity contribution is -0.137. The number of pyridine rings is 1. The van der Waals surface area contributed by atoms with Gasteiger partial charge in [0.2, 0.25) is 0 Å². The first-order valence-electron chi connectivity index (χ1n) is 9.77. The number of halogens is 4. The number of aryl methyl sites for hydroxylation is 1. The van der Waals surface area contributed by atoms with Crippen molar-refractivity contribution in [2.75, 3.05) is 5.32 Å². The molecule has 166 valence electrons. The Balaban J connectivity index is 1.66. The number of aromatic nitrogens is 3. The summed E-state index contributed by atoms with van der Waals surface area (Å²) in [6.45, 7) is 3.65. The molecular weight excluding hydrogens is 445 g/mol. The van der Waals surface area contributed by atoms with Crippen molar-refractivity contribution in [3.8, 4) is 0 Å². The maximum absolute atomic E-state index is 13.3. The summed E-state index contributed by atoms with van der Waals surface area (Å²) in [7, 11) is 0. The van der Waals surface area contributed by atoms with Gasteiger partial charge in [-0.05, 0) is 49.6 Å². The van der Waals surface area contributed by atoms with Crippen LogP contribution in [0.2, 0.25) is 5.02 Å². The number of alkyl halides is 3. The van der Waals surface area contributed by atoms with E-state index in [4.69, 9.17) is 11.6 Å². The van der Waals surface area contributed by atoms with Gasteiger partial charge in [-0.2, -0.15) is 18.3 Å². The van der Waals surface area contributed by atoms with Gasteiger partial charge in [-0.1, -0.05) is 17.7 Å². The second-order valence-corrected chi connectivity index (χ2v) is 8.20. The van der Waals surface area contributed by atoms with Gasteiger partial charge in [-0.15, -0.1) is 0 Å². The van der Waals surface area contributed by atoms with Crippen molar-refractivity contribution in [2.24, 2.45) is 0 Å². The fraction of sp³-hybridized carbons (Fsp3) is 0.273. The van der Waals surface area contributed by atoms with Gasteiger partial charge in [0, 0.05) is 12.4 Å². The Kier molecular flexibility index (Phi) is 5.54. The van der Waals surface area contributed by atoms with Gasteiger partial charge in [-0.25, -0.2) is 0 Å². The normalized spacial score (nSPS) is 18.4. The number of nitrogens with one attached hydrogen (secondary N) is 1. The van der Waals surface area contributed by atoms with Gasteiger partial charge < -0.3 is 5.32 Å². The molecule has 3 aromatic rings. The van der Waals surface area contributed by atoms with Crippen LogP contribution in [0, 0.1) is 6.92 Å². The fourth-order valence-corrected chi connectivity index (χ4v) is 4.18. The smallest absolute Gasteiger partial charge is 0.319 e. The maximum Gasteiger partial charge on any atom is 0.417 e. The number of amides is 1. The zero-order chi connectivity index (χ0) is 23.2. The number of fused-ring (bicyclic) bond motifs is 1. The number of rotatable bonds is 3. The van der Waals surface area contributed by atoms with Crippen molar-refractivity contribution < 1.29 is 22.8 Å². The molecule has 3 heterocycles.